The van der Waals surface area contributed by atoms with Crippen LogP contribution in [0.4, 0.5) is 5.69 Å². The second kappa shape index (κ2) is 8.09. The molecule has 33 heavy (non-hydrogen) atoms. The van der Waals surface area contributed by atoms with Crippen LogP contribution in [0.2, 0.25) is 0 Å². The third kappa shape index (κ3) is 3.51. The van der Waals surface area contributed by atoms with E-state index in [9.17, 15) is 14.4 Å². The van der Waals surface area contributed by atoms with Gasteiger partial charge in [0.15, 0.2) is 5.69 Å². The zero-order valence-electron chi connectivity index (χ0n) is 18.1. The van der Waals surface area contributed by atoms with E-state index in [1.165, 1.54) is 14.5 Å². The summed E-state index contributed by atoms with van der Waals surface area (Å²) in [4.78, 5) is 42.1. The van der Waals surface area contributed by atoms with Gasteiger partial charge in [-0.2, -0.15) is 5.10 Å². The minimum absolute atomic E-state index is 0.0385. The van der Waals surface area contributed by atoms with E-state index in [2.05, 4.69) is 5.10 Å². The minimum Gasteiger partial charge on any atom is -0.489 e. The maximum atomic E-state index is 13.7. The lowest BCUT2D eigenvalue weighted by Gasteiger charge is -2.34. The second-order valence-electron chi connectivity index (χ2n) is 8.12. The lowest BCUT2D eigenvalue weighted by Crippen LogP contribution is -2.54. The number of hydrogen-bond donors (Lipinski definition) is 1. The van der Waals surface area contributed by atoms with Crippen LogP contribution in [0, 0.1) is 0 Å². The molecule has 0 bridgehead atoms. The molecule has 0 spiro atoms. The monoisotopic (exact) mass is 445 g/mol. The van der Waals surface area contributed by atoms with Crippen LogP contribution in [-0.4, -0.2) is 58.6 Å². The quantitative estimate of drug-likeness (QED) is 0.654. The fourth-order valence-electron chi connectivity index (χ4n) is 4.47. The average Bonchev–Trinajstić information content (AvgIpc) is 3.14. The number of fused-ring (bicyclic) bond motifs is 2. The van der Waals surface area contributed by atoms with Gasteiger partial charge in [0.2, 0.25) is 0 Å². The Labute approximate surface area is 190 Å². The summed E-state index contributed by atoms with van der Waals surface area (Å²) in [5.41, 5.74) is 8.05. The predicted octanol–water partition coefficient (Wildman–Crippen LogP) is 1.45. The van der Waals surface area contributed by atoms with Gasteiger partial charge < -0.3 is 20.3 Å². The Morgan fingerprint density at radius 3 is 2.61 bits per heavy atom. The largest absolute Gasteiger partial charge is 0.489 e. The summed E-state index contributed by atoms with van der Waals surface area (Å²) >= 11 is 0. The van der Waals surface area contributed by atoms with E-state index in [4.69, 9.17) is 10.5 Å². The van der Waals surface area contributed by atoms with Crippen LogP contribution in [0.5, 0.6) is 5.75 Å². The smallest absolute Gasteiger partial charge is 0.273 e. The third-order valence-corrected chi connectivity index (χ3v) is 6.14. The first-order chi connectivity index (χ1) is 16.0. The summed E-state index contributed by atoms with van der Waals surface area (Å²) in [7, 11) is 1.67. The van der Waals surface area contributed by atoms with Crippen LogP contribution in [0.3, 0.4) is 0 Å². The lowest BCUT2D eigenvalue weighted by atomic mass is 10.0. The van der Waals surface area contributed by atoms with Gasteiger partial charge in [-0.1, -0.05) is 42.5 Å². The Morgan fingerprint density at radius 1 is 1.12 bits per heavy atom. The molecule has 3 amide bonds. The molecule has 1 unspecified atom stereocenters. The number of ether oxygens (including phenoxy) is 1. The molecule has 2 aromatic carbocycles. The molecular weight excluding hydrogens is 422 g/mol. The van der Waals surface area contributed by atoms with E-state index in [1.807, 2.05) is 42.5 Å². The van der Waals surface area contributed by atoms with Gasteiger partial charge in [0, 0.05) is 19.2 Å². The summed E-state index contributed by atoms with van der Waals surface area (Å²) in [6.07, 6.45) is 0.370. The maximum Gasteiger partial charge on any atom is 0.273 e. The molecule has 2 aliphatic heterocycles. The molecule has 2 aliphatic rings. The van der Waals surface area contributed by atoms with E-state index in [0.717, 1.165) is 5.56 Å². The first-order valence-corrected chi connectivity index (χ1v) is 10.7. The summed E-state index contributed by atoms with van der Waals surface area (Å²) < 4.78 is 7.42. The molecule has 0 radical (unpaired) electrons. The van der Waals surface area contributed by atoms with Gasteiger partial charge in [-0.25, -0.2) is 0 Å². The number of para-hydroxylation sites is 2. The van der Waals surface area contributed by atoms with Crippen LogP contribution in [-0.2, 0) is 17.8 Å². The Morgan fingerprint density at radius 2 is 1.85 bits per heavy atom. The third-order valence-electron chi connectivity index (χ3n) is 6.14. The Kier molecular flexibility index (Phi) is 5.08. The molecule has 1 atom stereocenters. The van der Waals surface area contributed by atoms with E-state index < -0.39 is 11.9 Å². The number of nitrogens with zero attached hydrogens (tertiary/aromatic N) is 4. The van der Waals surface area contributed by atoms with E-state index in [0.29, 0.717) is 30.0 Å². The van der Waals surface area contributed by atoms with Gasteiger partial charge in [-0.05, 0) is 24.1 Å². The zero-order chi connectivity index (χ0) is 23.1. The van der Waals surface area contributed by atoms with Crippen LogP contribution in [0.1, 0.15) is 32.1 Å². The van der Waals surface area contributed by atoms with Crippen molar-refractivity contribution >= 4 is 23.4 Å². The number of carbonyl (C=O) groups excluding carboxylic acids is 3. The van der Waals surface area contributed by atoms with Gasteiger partial charge in [0.25, 0.3) is 17.7 Å². The van der Waals surface area contributed by atoms with Crippen molar-refractivity contribution in [1.82, 2.24) is 14.7 Å². The number of nitrogens with two attached hydrogens (primary N) is 1. The van der Waals surface area contributed by atoms with Crippen molar-refractivity contribution in [3.63, 3.8) is 0 Å². The molecule has 3 heterocycles. The highest BCUT2D eigenvalue weighted by atomic mass is 16.5. The van der Waals surface area contributed by atoms with Gasteiger partial charge in [-0.15, -0.1) is 0 Å². The first-order valence-electron chi connectivity index (χ1n) is 10.7. The highest BCUT2D eigenvalue weighted by molar-refractivity contribution is 6.05. The number of hydrogen-bond acceptors (Lipinski definition) is 5. The van der Waals surface area contributed by atoms with Crippen LogP contribution in [0.15, 0.2) is 54.6 Å². The molecule has 0 aliphatic carbocycles. The molecule has 0 saturated carbocycles. The minimum atomic E-state index is -0.805. The van der Waals surface area contributed by atoms with Crippen LogP contribution >= 0.6 is 0 Å². The highest BCUT2D eigenvalue weighted by Gasteiger charge is 2.41. The number of amides is 3. The highest BCUT2D eigenvalue weighted by Crippen LogP contribution is 2.32. The number of anilines is 1. The van der Waals surface area contributed by atoms with E-state index in [1.54, 1.807) is 19.2 Å². The van der Waals surface area contributed by atoms with Crippen molar-refractivity contribution in [2.45, 2.75) is 19.0 Å². The predicted molar refractivity (Wildman–Crippen MR) is 120 cm³/mol. The van der Waals surface area contributed by atoms with E-state index >= 15 is 0 Å². The molecular formula is C24H23N5O4. The summed E-state index contributed by atoms with van der Waals surface area (Å²) in [6, 6.07) is 16.0. The Balaban J connectivity index is 1.51. The van der Waals surface area contributed by atoms with Gasteiger partial charge >= 0.3 is 0 Å². The Bertz CT molecular complexity index is 1250. The summed E-state index contributed by atoms with van der Waals surface area (Å²) in [6.45, 7) is 0.598. The molecule has 9 heteroatoms. The van der Waals surface area contributed by atoms with Crippen molar-refractivity contribution in [3.8, 4) is 5.75 Å². The summed E-state index contributed by atoms with van der Waals surface area (Å²) in [5.74, 6) is -0.691. The van der Waals surface area contributed by atoms with Crippen molar-refractivity contribution in [3.05, 3.63) is 77.1 Å². The SMILES string of the molecule is CN1C(=O)C(N2CCc3c(C(N)=O)nn(Cc4ccccc4)c3C2=O)COc2ccccc21. The fourth-order valence-corrected chi connectivity index (χ4v) is 4.47. The molecule has 168 valence electrons. The topological polar surface area (TPSA) is 111 Å². The van der Waals surface area contributed by atoms with Gasteiger partial charge in [-0.3, -0.25) is 19.1 Å². The number of likely N-dealkylation sites (N-methyl/N-ethyl adjacent to an activating group) is 1. The molecule has 0 saturated heterocycles. The number of carbonyl (C=O) groups is 3. The van der Waals surface area contributed by atoms with Crippen molar-refractivity contribution in [2.75, 3.05) is 25.1 Å². The fraction of sp³-hybridized carbons (Fsp3) is 0.250. The number of aromatic nitrogens is 2. The van der Waals surface area contributed by atoms with Crippen LogP contribution < -0.4 is 15.4 Å². The molecule has 1 aromatic heterocycles. The lowest BCUT2D eigenvalue weighted by molar-refractivity contribution is -0.123. The van der Waals surface area contributed by atoms with Crippen molar-refractivity contribution in [1.29, 1.82) is 0 Å². The maximum absolute atomic E-state index is 13.7. The van der Waals surface area contributed by atoms with Crippen molar-refractivity contribution < 1.29 is 19.1 Å². The normalized spacial score (nSPS) is 17.8. The number of benzene rings is 2. The van der Waals surface area contributed by atoms with Crippen LogP contribution in [0.25, 0.3) is 0 Å². The molecule has 2 N–H and O–H groups in total. The molecule has 0 fully saturated rings. The van der Waals surface area contributed by atoms with E-state index in [-0.39, 0.29) is 36.4 Å². The average molecular weight is 445 g/mol. The first kappa shape index (κ1) is 20.7. The second-order valence-corrected chi connectivity index (χ2v) is 8.12. The molecule has 3 aromatic rings. The van der Waals surface area contributed by atoms with Gasteiger partial charge in [0.1, 0.15) is 24.1 Å². The molecule has 5 rings (SSSR count). The number of primary amides is 1. The van der Waals surface area contributed by atoms with Gasteiger partial charge in [0.05, 0.1) is 12.2 Å². The van der Waals surface area contributed by atoms with Crippen molar-refractivity contribution in [2.24, 2.45) is 5.73 Å². The Hall–Kier alpha value is -4.14. The standard InChI is InChI=1S/C24H23N5O4/c1-27-17-9-5-6-10-19(17)33-14-18(23(27)31)28-12-11-16-20(22(25)30)26-29(21(16)24(28)32)13-15-7-3-2-4-8-15/h2-10,18H,11-14H2,1H3,(H2,25,30). The summed E-state index contributed by atoms with van der Waals surface area (Å²) in [5, 5.41) is 4.37. The zero-order valence-corrected chi connectivity index (χ0v) is 18.1. The number of rotatable bonds is 4. The molecule has 9 nitrogen and oxygen atoms in total.